The average Bonchev–Trinajstić information content (AvgIpc) is 2.46. The van der Waals surface area contributed by atoms with E-state index in [1.807, 2.05) is 0 Å². The Kier molecular flexibility index (Phi) is 4.56. The van der Waals surface area contributed by atoms with E-state index in [0.717, 1.165) is 0 Å². The van der Waals surface area contributed by atoms with Gasteiger partial charge >= 0.3 is 0 Å². The largest absolute Gasteiger partial charge is 0.504 e. The van der Waals surface area contributed by atoms with Gasteiger partial charge in [-0.3, -0.25) is 4.79 Å². The van der Waals surface area contributed by atoms with E-state index in [4.69, 9.17) is 5.11 Å². The lowest BCUT2D eigenvalue weighted by atomic mass is 10.2. The molecule has 0 atom stereocenters. The van der Waals surface area contributed by atoms with Crippen molar-refractivity contribution in [3.63, 3.8) is 0 Å². The number of hydrogen-bond donors (Lipinski definition) is 3. The molecule has 4 nitrogen and oxygen atoms in total. The lowest BCUT2D eigenvalue weighted by Crippen LogP contribution is -2.20. The number of carbonyl (C=O) groups excluding carboxylic acids is 1. The highest BCUT2D eigenvalue weighted by atomic mass is 19.1. The lowest BCUT2D eigenvalue weighted by Gasteiger charge is -2.02. The zero-order chi connectivity index (χ0) is 15.2. The fourth-order valence-corrected chi connectivity index (χ4v) is 1.71. The van der Waals surface area contributed by atoms with E-state index < -0.39 is 0 Å². The topological polar surface area (TPSA) is 69.6 Å². The van der Waals surface area contributed by atoms with E-state index >= 15 is 0 Å². The first kappa shape index (κ1) is 14.6. The second-order valence-corrected chi connectivity index (χ2v) is 4.43. The third-order valence-electron chi connectivity index (χ3n) is 2.78. The van der Waals surface area contributed by atoms with Crippen LogP contribution in [-0.2, 0) is 11.3 Å². The maximum Gasteiger partial charge on any atom is 0.244 e. The molecule has 108 valence electrons. The molecular formula is C16H14FNO3. The second-order valence-electron chi connectivity index (χ2n) is 4.43. The van der Waals surface area contributed by atoms with Gasteiger partial charge < -0.3 is 15.5 Å². The first-order valence-electron chi connectivity index (χ1n) is 6.27. The van der Waals surface area contributed by atoms with Crippen molar-refractivity contribution in [2.24, 2.45) is 0 Å². The van der Waals surface area contributed by atoms with E-state index in [1.54, 1.807) is 18.2 Å². The van der Waals surface area contributed by atoms with Gasteiger partial charge in [0.2, 0.25) is 5.91 Å². The van der Waals surface area contributed by atoms with Gasteiger partial charge in [0.25, 0.3) is 0 Å². The maximum absolute atomic E-state index is 13.0. The van der Waals surface area contributed by atoms with E-state index in [0.29, 0.717) is 11.1 Å². The lowest BCUT2D eigenvalue weighted by molar-refractivity contribution is -0.116. The van der Waals surface area contributed by atoms with Crippen LogP contribution in [0.15, 0.2) is 48.5 Å². The van der Waals surface area contributed by atoms with Crippen LogP contribution in [0.2, 0.25) is 0 Å². The van der Waals surface area contributed by atoms with Crippen LogP contribution in [-0.4, -0.2) is 16.1 Å². The Bertz CT molecular complexity index is 683. The van der Waals surface area contributed by atoms with Gasteiger partial charge in [-0.15, -0.1) is 0 Å². The molecule has 0 bridgehead atoms. The van der Waals surface area contributed by atoms with E-state index in [-0.39, 0.29) is 29.8 Å². The Hall–Kier alpha value is -2.82. The van der Waals surface area contributed by atoms with Crippen LogP contribution in [0.1, 0.15) is 11.1 Å². The second kappa shape index (κ2) is 6.56. The number of amides is 1. The highest BCUT2D eigenvalue weighted by Crippen LogP contribution is 2.25. The summed E-state index contributed by atoms with van der Waals surface area (Å²) in [6.07, 6.45) is 2.80. The standard InChI is InChI=1S/C16H14FNO3/c17-13-3-1-2-12(8-13)10-18-16(21)7-5-11-4-6-14(19)15(20)9-11/h1-9,19-20H,10H2,(H,18,21)/b7-5+. The zero-order valence-corrected chi connectivity index (χ0v) is 11.1. The fourth-order valence-electron chi connectivity index (χ4n) is 1.71. The molecule has 0 spiro atoms. The van der Waals surface area contributed by atoms with Crippen LogP contribution in [0.5, 0.6) is 11.5 Å². The molecule has 2 aromatic carbocycles. The van der Waals surface area contributed by atoms with E-state index in [1.165, 1.54) is 36.4 Å². The Labute approximate surface area is 121 Å². The number of phenolic OH excluding ortho intramolecular Hbond substituents is 2. The summed E-state index contributed by atoms with van der Waals surface area (Å²) < 4.78 is 13.0. The maximum atomic E-state index is 13.0. The fraction of sp³-hybridized carbons (Fsp3) is 0.0625. The summed E-state index contributed by atoms with van der Waals surface area (Å²) in [6, 6.07) is 10.2. The molecule has 0 aliphatic rings. The van der Waals surface area contributed by atoms with Crippen molar-refractivity contribution in [3.05, 3.63) is 65.5 Å². The van der Waals surface area contributed by atoms with Crippen LogP contribution in [0, 0.1) is 5.82 Å². The van der Waals surface area contributed by atoms with Crippen molar-refractivity contribution in [2.75, 3.05) is 0 Å². The van der Waals surface area contributed by atoms with Crippen molar-refractivity contribution in [1.82, 2.24) is 5.32 Å². The van der Waals surface area contributed by atoms with Gasteiger partial charge in [-0.25, -0.2) is 4.39 Å². The summed E-state index contributed by atoms with van der Waals surface area (Å²) in [7, 11) is 0. The molecule has 0 aromatic heterocycles. The zero-order valence-electron chi connectivity index (χ0n) is 11.1. The SMILES string of the molecule is O=C(/C=C/c1ccc(O)c(O)c1)NCc1cccc(F)c1. The average molecular weight is 287 g/mol. The minimum absolute atomic E-state index is 0.220. The molecule has 3 N–H and O–H groups in total. The Morgan fingerprint density at radius 2 is 1.95 bits per heavy atom. The number of phenols is 2. The minimum Gasteiger partial charge on any atom is -0.504 e. The summed E-state index contributed by atoms with van der Waals surface area (Å²) in [5.74, 6) is -1.16. The van der Waals surface area contributed by atoms with Crippen LogP contribution in [0.25, 0.3) is 6.08 Å². The number of carbonyl (C=O) groups is 1. The summed E-state index contributed by atoms with van der Waals surface area (Å²) in [5, 5.41) is 21.1. The van der Waals surface area contributed by atoms with Crippen molar-refractivity contribution in [1.29, 1.82) is 0 Å². The monoisotopic (exact) mass is 287 g/mol. The molecule has 5 heteroatoms. The molecule has 2 aromatic rings. The molecule has 21 heavy (non-hydrogen) atoms. The summed E-state index contributed by atoms with van der Waals surface area (Å²) in [6.45, 7) is 0.224. The van der Waals surface area contributed by atoms with Crippen molar-refractivity contribution in [3.8, 4) is 11.5 Å². The van der Waals surface area contributed by atoms with Gasteiger partial charge in [0, 0.05) is 12.6 Å². The molecule has 2 rings (SSSR count). The molecule has 0 heterocycles. The highest BCUT2D eigenvalue weighted by molar-refractivity contribution is 5.91. The molecule has 0 saturated heterocycles. The smallest absolute Gasteiger partial charge is 0.244 e. The van der Waals surface area contributed by atoms with Crippen molar-refractivity contribution < 1.29 is 19.4 Å². The number of hydrogen-bond acceptors (Lipinski definition) is 3. The third kappa shape index (κ3) is 4.35. The van der Waals surface area contributed by atoms with Crippen LogP contribution >= 0.6 is 0 Å². The molecule has 0 radical (unpaired) electrons. The number of nitrogens with one attached hydrogen (secondary N) is 1. The molecule has 0 aliphatic heterocycles. The highest BCUT2D eigenvalue weighted by Gasteiger charge is 2.00. The summed E-state index contributed by atoms with van der Waals surface area (Å²) in [4.78, 5) is 11.6. The number of halogens is 1. The Morgan fingerprint density at radius 3 is 2.67 bits per heavy atom. The van der Waals surface area contributed by atoms with Gasteiger partial charge in [0.15, 0.2) is 11.5 Å². The molecule has 0 saturated carbocycles. The number of rotatable bonds is 4. The third-order valence-corrected chi connectivity index (χ3v) is 2.78. The molecule has 0 unspecified atom stereocenters. The Morgan fingerprint density at radius 1 is 1.14 bits per heavy atom. The molecular weight excluding hydrogens is 273 g/mol. The summed E-state index contributed by atoms with van der Waals surface area (Å²) in [5.41, 5.74) is 1.24. The molecule has 0 aliphatic carbocycles. The number of aromatic hydroxyl groups is 2. The first-order chi connectivity index (χ1) is 10.0. The van der Waals surface area contributed by atoms with E-state index in [2.05, 4.69) is 5.32 Å². The van der Waals surface area contributed by atoms with Gasteiger partial charge in [-0.1, -0.05) is 18.2 Å². The minimum atomic E-state index is -0.350. The van der Waals surface area contributed by atoms with Crippen LogP contribution < -0.4 is 5.32 Å². The van der Waals surface area contributed by atoms with Gasteiger partial charge in [0.1, 0.15) is 5.82 Å². The van der Waals surface area contributed by atoms with Gasteiger partial charge in [0.05, 0.1) is 0 Å². The Balaban J connectivity index is 1.92. The normalized spacial score (nSPS) is 10.7. The van der Waals surface area contributed by atoms with Crippen molar-refractivity contribution in [2.45, 2.75) is 6.54 Å². The predicted molar refractivity (Wildman–Crippen MR) is 77.1 cm³/mol. The molecule has 1 amide bonds. The molecule has 0 fully saturated rings. The number of benzene rings is 2. The van der Waals surface area contributed by atoms with Crippen LogP contribution in [0.4, 0.5) is 4.39 Å². The van der Waals surface area contributed by atoms with Crippen LogP contribution in [0.3, 0.4) is 0 Å². The predicted octanol–water partition coefficient (Wildman–Crippen LogP) is 2.57. The first-order valence-corrected chi connectivity index (χ1v) is 6.27. The quantitative estimate of drug-likeness (QED) is 0.598. The van der Waals surface area contributed by atoms with Gasteiger partial charge in [-0.2, -0.15) is 0 Å². The summed E-state index contributed by atoms with van der Waals surface area (Å²) >= 11 is 0. The van der Waals surface area contributed by atoms with Gasteiger partial charge in [-0.05, 0) is 41.5 Å². The van der Waals surface area contributed by atoms with E-state index in [9.17, 15) is 14.3 Å². The van der Waals surface area contributed by atoms with Crippen molar-refractivity contribution >= 4 is 12.0 Å².